The molecule has 0 unspecified atom stereocenters. The van der Waals surface area contributed by atoms with Crippen molar-refractivity contribution in [2.75, 3.05) is 19.0 Å². The van der Waals surface area contributed by atoms with Crippen molar-refractivity contribution in [2.45, 2.75) is 6.92 Å². The molecule has 0 saturated carbocycles. The summed E-state index contributed by atoms with van der Waals surface area (Å²) in [7, 11) is 1.52. The van der Waals surface area contributed by atoms with Crippen molar-refractivity contribution in [3.8, 4) is 16.2 Å². The summed E-state index contributed by atoms with van der Waals surface area (Å²) in [5.41, 5.74) is 0.478. The third kappa shape index (κ3) is 4.26. The van der Waals surface area contributed by atoms with Crippen LogP contribution in [0.1, 0.15) is 27.6 Å². The Balaban J connectivity index is 1.72. The van der Waals surface area contributed by atoms with E-state index in [0.717, 1.165) is 10.4 Å². The molecule has 8 heteroatoms. The van der Waals surface area contributed by atoms with Gasteiger partial charge in [-0.15, -0.1) is 11.3 Å². The number of esters is 1. The SMILES string of the molecule is CCOC(=O)c1cc(-c2ccccc2)sc1NC(=O)c1cc2cc(OC)ccc2oc1=O. The molecule has 0 aliphatic carbocycles. The normalized spacial score (nSPS) is 10.7. The van der Waals surface area contributed by atoms with Gasteiger partial charge in [-0.1, -0.05) is 30.3 Å². The molecular formula is C24H19NO6S. The minimum Gasteiger partial charge on any atom is -0.497 e. The van der Waals surface area contributed by atoms with Gasteiger partial charge in [-0.25, -0.2) is 9.59 Å². The molecule has 2 aromatic carbocycles. The molecule has 2 heterocycles. The number of nitrogens with one attached hydrogen (secondary N) is 1. The molecule has 4 aromatic rings. The van der Waals surface area contributed by atoms with Crippen LogP contribution >= 0.6 is 11.3 Å². The van der Waals surface area contributed by atoms with Crippen LogP contribution < -0.4 is 15.7 Å². The van der Waals surface area contributed by atoms with Crippen molar-refractivity contribution in [3.05, 3.63) is 82.2 Å². The molecule has 0 bridgehead atoms. The molecular weight excluding hydrogens is 430 g/mol. The lowest BCUT2D eigenvalue weighted by molar-refractivity contribution is 0.0528. The number of methoxy groups -OCH3 is 1. The Morgan fingerprint density at radius 3 is 2.53 bits per heavy atom. The van der Waals surface area contributed by atoms with E-state index in [1.165, 1.54) is 24.5 Å². The summed E-state index contributed by atoms with van der Waals surface area (Å²) in [5.74, 6) is -0.681. The number of hydrogen-bond acceptors (Lipinski definition) is 7. The number of amides is 1. The first kappa shape index (κ1) is 21.3. The number of rotatable bonds is 6. The van der Waals surface area contributed by atoms with Crippen LogP contribution in [-0.4, -0.2) is 25.6 Å². The third-order valence-corrected chi connectivity index (χ3v) is 5.80. The molecule has 0 spiro atoms. The second-order valence-electron chi connectivity index (χ2n) is 6.75. The fourth-order valence-corrected chi connectivity index (χ4v) is 4.19. The predicted octanol–water partition coefficient (Wildman–Crippen LogP) is 4.96. The van der Waals surface area contributed by atoms with Gasteiger partial charge in [0.1, 0.15) is 21.9 Å². The Bertz CT molecular complexity index is 1360. The van der Waals surface area contributed by atoms with Crippen molar-refractivity contribution >= 4 is 39.2 Å². The maximum absolute atomic E-state index is 13.0. The third-order valence-electron chi connectivity index (χ3n) is 4.70. The molecule has 0 fully saturated rings. The fraction of sp³-hybridized carbons (Fsp3) is 0.125. The fourth-order valence-electron chi connectivity index (χ4n) is 3.15. The van der Waals surface area contributed by atoms with E-state index in [2.05, 4.69) is 5.32 Å². The minimum atomic E-state index is -0.780. The first-order valence-electron chi connectivity index (χ1n) is 9.79. The van der Waals surface area contributed by atoms with Crippen LogP contribution in [0.2, 0.25) is 0 Å². The molecule has 1 amide bonds. The lowest BCUT2D eigenvalue weighted by atomic mass is 10.1. The number of thiophene rings is 1. The highest BCUT2D eigenvalue weighted by atomic mass is 32.1. The van der Waals surface area contributed by atoms with Crippen LogP contribution in [0.5, 0.6) is 5.75 Å². The molecule has 0 saturated heterocycles. The largest absolute Gasteiger partial charge is 0.497 e. The van der Waals surface area contributed by atoms with Crippen LogP contribution in [0, 0.1) is 0 Å². The summed E-state index contributed by atoms with van der Waals surface area (Å²) in [6.45, 7) is 1.90. The molecule has 0 radical (unpaired) electrons. The van der Waals surface area contributed by atoms with Gasteiger partial charge in [0.15, 0.2) is 0 Å². The van der Waals surface area contributed by atoms with Gasteiger partial charge in [0.2, 0.25) is 0 Å². The zero-order chi connectivity index (χ0) is 22.7. The van der Waals surface area contributed by atoms with Crippen LogP contribution in [0.3, 0.4) is 0 Å². The van der Waals surface area contributed by atoms with Gasteiger partial charge >= 0.3 is 11.6 Å². The van der Waals surface area contributed by atoms with Crippen molar-refractivity contribution in [3.63, 3.8) is 0 Å². The van der Waals surface area contributed by atoms with Gasteiger partial charge < -0.3 is 19.2 Å². The summed E-state index contributed by atoms with van der Waals surface area (Å²) < 4.78 is 15.6. The van der Waals surface area contributed by atoms with E-state index in [9.17, 15) is 14.4 Å². The van der Waals surface area contributed by atoms with Crippen molar-refractivity contribution in [1.29, 1.82) is 0 Å². The summed E-state index contributed by atoms with van der Waals surface area (Å²) >= 11 is 1.22. The molecule has 0 aliphatic rings. The number of hydrogen-bond donors (Lipinski definition) is 1. The number of carbonyl (C=O) groups excluding carboxylic acids is 2. The predicted molar refractivity (Wildman–Crippen MR) is 123 cm³/mol. The van der Waals surface area contributed by atoms with E-state index >= 15 is 0 Å². The average molecular weight is 449 g/mol. The van der Waals surface area contributed by atoms with Crippen LogP contribution in [0.15, 0.2) is 69.9 Å². The van der Waals surface area contributed by atoms with E-state index in [-0.39, 0.29) is 22.7 Å². The lowest BCUT2D eigenvalue weighted by Crippen LogP contribution is -2.21. The summed E-state index contributed by atoms with van der Waals surface area (Å²) in [4.78, 5) is 38.6. The standard InChI is InChI=1S/C24H19NO6S/c1-3-30-23(27)18-13-20(14-7-5-4-6-8-14)32-22(18)25-21(26)17-12-15-11-16(29-2)9-10-19(15)31-24(17)28/h4-13H,3H2,1-2H3,(H,25,26). The molecule has 0 aliphatic heterocycles. The highest BCUT2D eigenvalue weighted by Crippen LogP contribution is 2.36. The van der Waals surface area contributed by atoms with Gasteiger partial charge in [0.05, 0.1) is 19.3 Å². The van der Waals surface area contributed by atoms with Gasteiger partial charge in [0, 0.05) is 10.3 Å². The van der Waals surface area contributed by atoms with Crippen molar-refractivity contribution < 1.29 is 23.5 Å². The number of ether oxygens (including phenoxy) is 2. The molecule has 1 N–H and O–H groups in total. The summed E-state index contributed by atoms with van der Waals surface area (Å²) in [5, 5.41) is 3.51. The highest BCUT2D eigenvalue weighted by Gasteiger charge is 2.22. The molecule has 4 rings (SSSR count). The molecule has 162 valence electrons. The van der Waals surface area contributed by atoms with Crippen LogP contribution in [-0.2, 0) is 4.74 Å². The smallest absolute Gasteiger partial charge is 0.349 e. The van der Waals surface area contributed by atoms with Gasteiger partial charge in [0.25, 0.3) is 5.91 Å². The Morgan fingerprint density at radius 1 is 1.03 bits per heavy atom. The molecule has 0 atom stereocenters. The average Bonchev–Trinajstić information content (AvgIpc) is 3.23. The van der Waals surface area contributed by atoms with Crippen molar-refractivity contribution in [1.82, 2.24) is 0 Å². The van der Waals surface area contributed by atoms with Gasteiger partial charge in [-0.3, -0.25) is 4.79 Å². The Labute approximate surface area is 187 Å². The maximum Gasteiger partial charge on any atom is 0.349 e. The van der Waals surface area contributed by atoms with E-state index < -0.39 is 17.5 Å². The van der Waals surface area contributed by atoms with Gasteiger partial charge in [-0.05, 0) is 42.8 Å². The number of benzene rings is 2. The first-order chi connectivity index (χ1) is 15.5. The molecule has 32 heavy (non-hydrogen) atoms. The number of anilines is 1. The summed E-state index contributed by atoms with van der Waals surface area (Å²) in [6, 6.07) is 17.5. The quantitative estimate of drug-likeness (QED) is 0.330. The number of carbonyl (C=O) groups is 2. The van der Waals surface area contributed by atoms with E-state index in [1.807, 2.05) is 30.3 Å². The number of fused-ring (bicyclic) bond motifs is 1. The maximum atomic E-state index is 13.0. The lowest BCUT2D eigenvalue weighted by Gasteiger charge is -2.07. The van der Waals surface area contributed by atoms with Crippen LogP contribution in [0.4, 0.5) is 5.00 Å². The second kappa shape index (κ2) is 9.07. The Morgan fingerprint density at radius 2 is 1.81 bits per heavy atom. The Hall–Kier alpha value is -3.91. The second-order valence-corrected chi connectivity index (χ2v) is 7.80. The minimum absolute atomic E-state index is 0.185. The first-order valence-corrected chi connectivity index (χ1v) is 10.6. The molecule has 2 aromatic heterocycles. The van der Waals surface area contributed by atoms with E-state index in [1.54, 1.807) is 31.2 Å². The zero-order valence-corrected chi connectivity index (χ0v) is 18.2. The van der Waals surface area contributed by atoms with Gasteiger partial charge in [-0.2, -0.15) is 0 Å². The van der Waals surface area contributed by atoms with E-state index in [4.69, 9.17) is 13.9 Å². The highest BCUT2D eigenvalue weighted by molar-refractivity contribution is 7.20. The Kier molecular flexibility index (Phi) is 6.04. The summed E-state index contributed by atoms with van der Waals surface area (Å²) in [6.07, 6.45) is 0. The van der Waals surface area contributed by atoms with Crippen LogP contribution in [0.25, 0.3) is 21.4 Å². The zero-order valence-electron chi connectivity index (χ0n) is 17.3. The van der Waals surface area contributed by atoms with E-state index in [0.29, 0.717) is 16.7 Å². The van der Waals surface area contributed by atoms with Crippen molar-refractivity contribution in [2.24, 2.45) is 0 Å². The molecule has 7 nitrogen and oxygen atoms in total. The topological polar surface area (TPSA) is 94.8 Å². The monoisotopic (exact) mass is 449 g/mol.